The molecule has 5 rings (SSSR count). The SMILES string of the molecule is CCCCCCCCN(CCCCCCCC)CC1CC(c2ccc(CO)cc2)OC(c2ccc(-c3cccc(CNC(=O)C4CCCN4C(=O)C(F)(F)F)c3)cc2)O1. The lowest BCUT2D eigenvalue weighted by Crippen LogP contribution is -2.50. The number of alkyl halides is 3. The summed E-state index contributed by atoms with van der Waals surface area (Å²) >= 11 is 0. The number of hydrogen-bond donors (Lipinski definition) is 2. The maximum Gasteiger partial charge on any atom is 0.471 e. The first kappa shape index (κ1) is 46.3. The molecule has 0 radical (unpaired) electrons. The first-order valence-corrected chi connectivity index (χ1v) is 22.2. The van der Waals surface area contributed by atoms with Crippen molar-refractivity contribution in [2.24, 2.45) is 0 Å². The highest BCUT2D eigenvalue weighted by Crippen LogP contribution is 2.39. The summed E-state index contributed by atoms with van der Waals surface area (Å²) in [4.78, 5) is 28.0. The van der Waals surface area contributed by atoms with Gasteiger partial charge in [-0.3, -0.25) is 9.59 Å². The van der Waals surface area contributed by atoms with E-state index in [1.54, 1.807) is 0 Å². The van der Waals surface area contributed by atoms with Gasteiger partial charge in [0.2, 0.25) is 5.91 Å². The Morgan fingerprint density at radius 2 is 1.41 bits per heavy atom. The fourth-order valence-corrected chi connectivity index (χ4v) is 8.29. The molecule has 3 aromatic carbocycles. The molecule has 2 aliphatic heterocycles. The van der Waals surface area contributed by atoms with E-state index >= 15 is 0 Å². The molecule has 11 heteroatoms. The minimum atomic E-state index is -5.01. The summed E-state index contributed by atoms with van der Waals surface area (Å²) in [6.07, 6.45) is 10.6. The summed E-state index contributed by atoms with van der Waals surface area (Å²) in [7, 11) is 0. The van der Waals surface area contributed by atoms with Gasteiger partial charge in [0.1, 0.15) is 6.04 Å². The Morgan fingerprint density at radius 1 is 0.780 bits per heavy atom. The van der Waals surface area contributed by atoms with Crippen LogP contribution in [0.25, 0.3) is 11.1 Å². The molecule has 59 heavy (non-hydrogen) atoms. The Morgan fingerprint density at radius 3 is 2.03 bits per heavy atom. The molecule has 4 atom stereocenters. The Kier molecular flexibility index (Phi) is 18.7. The van der Waals surface area contributed by atoms with E-state index in [2.05, 4.69) is 24.1 Å². The van der Waals surface area contributed by atoms with Crippen LogP contribution in [0.5, 0.6) is 0 Å². The van der Waals surface area contributed by atoms with E-state index < -0.39 is 30.3 Å². The molecular formula is C48H66F3N3O5. The van der Waals surface area contributed by atoms with E-state index in [0.29, 0.717) is 11.3 Å². The molecule has 324 valence electrons. The van der Waals surface area contributed by atoms with E-state index in [-0.39, 0.29) is 38.3 Å². The molecule has 0 aromatic heterocycles. The number of amides is 2. The summed E-state index contributed by atoms with van der Waals surface area (Å²) in [6.45, 7) is 7.50. The van der Waals surface area contributed by atoms with Gasteiger partial charge in [-0.25, -0.2) is 0 Å². The fraction of sp³-hybridized carbons (Fsp3) is 0.583. The second-order valence-electron chi connectivity index (χ2n) is 16.4. The van der Waals surface area contributed by atoms with Crippen LogP contribution in [0.2, 0.25) is 0 Å². The van der Waals surface area contributed by atoms with Gasteiger partial charge in [0.15, 0.2) is 6.29 Å². The number of aliphatic hydroxyl groups is 1. The zero-order valence-electron chi connectivity index (χ0n) is 35.2. The van der Waals surface area contributed by atoms with E-state index in [1.807, 2.05) is 72.8 Å². The lowest BCUT2D eigenvalue weighted by Gasteiger charge is -2.38. The molecule has 2 saturated heterocycles. The number of halogens is 3. The van der Waals surface area contributed by atoms with Crippen molar-refractivity contribution in [3.8, 4) is 11.1 Å². The van der Waals surface area contributed by atoms with Gasteiger partial charge in [0, 0.05) is 31.6 Å². The number of hydrogen-bond acceptors (Lipinski definition) is 6. The van der Waals surface area contributed by atoms with E-state index in [4.69, 9.17) is 9.47 Å². The third-order valence-corrected chi connectivity index (χ3v) is 11.7. The van der Waals surface area contributed by atoms with Crippen molar-refractivity contribution >= 4 is 11.8 Å². The molecule has 0 bridgehead atoms. The number of likely N-dealkylation sites (tertiary alicyclic amines) is 1. The molecule has 0 spiro atoms. The number of nitrogens with one attached hydrogen (secondary N) is 1. The van der Waals surface area contributed by atoms with Crippen molar-refractivity contribution in [1.82, 2.24) is 15.1 Å². The topological polar surface area (TPSA) is 91.3 Å². The molecule has 2 amide bonds. The van der Waals surface area contributed by atoms with Crippen molar-refractivity contribution < 1.29 is 37.3 Å². The fourth-order valence-electron chi connectivity index (χ4n) is 8.29. The Hall–Kier alpha value is -3.77. The maximum absolute atomic E-state index is 13.1. The van der Waals surface area contributed by atoms with Gasteiger partial charge < -0.3 is 29.7 Å². The molecule has 8 nitrogen and oxygen atoms in total. The highest BCUT2D eigenvalue weighted by molar-refractivity contribution is 5.90. The van der Waals surface area contributed by atoms with E-state index in [9.17, 15) is 27.9 Å². The van der Waals surface area contributed by atoms with Gasteiger partial charge in [-0.15, -0.1) is 0 Å². The predicted octanol–water partition coefficient (Wildman–Crippen LogP) is 10.6. The number of nitrogens with zero attached hydrogens (tertiary/aromatic N) is 2. The zero-order chi connectivity index (χ0) is 42.0. The third kappa shape index (κ3) is 14.4. The quantitative estimate of drug-likeness (QED) is 0.0926. The number of unbranched alkanes of at least 4 members (excludes halogenated alkanes) is 10. The van der Waals surface area contributed by atoms with Gasteiger partial charge in [-0.2, -0.15) is 13.2 Å². The standard InChI is InChI=1S/C48H66F3N3O5/c1-3-5-7-9-11-13-28-53(29-14-12-10-8-6-4-2)34-42-32-44(39-22-20-36(35-55)21-23-39)59-46(58-42)40-26-24-38(25-27-40)41-18-15-17-37(31-41)33-52-45(56)43-19-16-30-54(43)47(57)48(49,50)51/h15,17-18,20-27,31,42-44,46,55H,3-14,16,19,28-30,32-35H2,1-2H3,(H,52,56). The van der Waals surface area contributed by atoms with Crippen LogP contribution in [-0.2, 0) is 32.2 Å². The van der Waals surface area contributed by atoms with Crippen LogP contribution in [0.15, 0.2) is 72.8 Å². The molecule has 2 heterocycles. The largest absolute Gasteiger partial charge is 0.471 e. The number of carbonyl (C=O) groups is 2. The Balaban J connectivity index is 1.26. The van der Waals surface area contributed by atoms with Crippen LogP contribution in [0, 0.1) is 0 Å². The smallest absolute Gasteiger partial charge is 0.392 e. The van der Waals surface area contributed by atoms with Crippen molar-refractivity contribution in [3.05, 3.63) is 95.1 Å². The minimum absolute atomic E-state index is 0.0113. The van der Waals surface area contributed by atoms with E-state index in [0.717, 1.165) is 59.4 Å². The number of carbonyl (C=O) groups excluding carboxylic acids is 2. The van der Waals surface area contributed by atoms with Gasteiger partial charge in [0.05, 0.1) is 18.8 Å². The van der Waals surface area contributed by atoms with Crippen LogP contribution in [-0.4, -0.2) is 71.2 Å². The van der Waals surface area contributed by atoms with Crippen LogP contribution in [0.3, 0.4) is 0 Å². The predicted molar refractivity (Wildman–Crippen MR) is 226 cm³/mol. The molecule has 2 aliphatic rings. The second kappa shape index (κ2) is 23.9. The third-order valence-electron chi connectivity index (χ3n) is 11.7. The minimum Gasteiger partial charge on any atom is -0.392 e. The molecule has 3 aromatic rings. The second-order valence-corrected chi connectivity index (χ2v) is 16.4. The number of rotatable bonds is 23. The lowest BCUT2D eigenvalue weighted by molar-refractivity contribution is -0.253. The Labute approximate surface area is 349 Å². The zero-order valence-corrected chi connectivity index (χ0v) is 35.2. The summed E-state index contributed by atoms with van der Waals surface area (Å²) in [5.74, 6) is -2.56. The molecule has 4 unspecified atom stereocenters. The van der Waals surface area contributed by atoms with Gasteiger partial charge >= 0.3 is 12.1 Å². The van der Waals surface area contributed by atoms with Gasteiger partial charge in [0.25, 0.3) is 0 Å². The molecule has 0 aliphatic carbocycles. The van der Waals surface area contributed by atoms with Crippen molar-refractivity contribution in [1.29, 1.82) is 0 Å². The normalized spacial score (nSPS) is 19.7. The Bertz CT molecular complexity index is 1690. The van der Waals surface area contributed by atoms with Crippen LogP contribution in [0.1, 0.15) is 145 Å². The van der Waals surface area contributed by atoms with E-state index in [1.165, 1.54) is 77.0 Å². The molecular weight excluding hydrogens is 756 g/mol. The molecule has 0 saturated carbocycles. The number of ether oxygens (including phenoxy) is 2. The lowest BCUT2D eigenvalue weighted by atomic mass is 9.98. The number of benzene rings is 3. The van der Waals surface area contributed by atoms with Crippen molar-refractivity contribution in [2.75, 3.05) is 26.2 Å². The highest BCUT2D eigenvalue weighted by Gasteiger charge is 2.47. The average Bonchev–Trinajstić information content (AvgIpc) is 3.75. The van der Waals surface area contributed by atoms with Crippen LogP contribution >= 0.6 is 0 Å². The summed E-state index contributed by atoms with van der Waals surface area (Å²) in [5, 5.41) is 12.4. The maximum atomic E-state index is 13.1. The first-order chi connectivity index (χ1) is 28.6. The van der Waals surface area contributed by atoms with Gasteiger partial charge in [-0.05, 0) is 72.7 Å². The number of aliphatic hydroxyl groups excluding tert-OH is 1. The summed E-state index contributed by atoms with van der Waals surface area (Å²) < 4.78 is 52.8. The van der Waals surface area contributed by atoms with Crippen molar-refractivity contribution in [2.45, 2.75) is 154 Å². The molecule has 2 fully saturated rings. The average molecular weight is 822 g/mol. The first-order valence-electron chi connectivity index (χ1n) is 22.2. The van der Waals surface area contributed by atoms with Gasteiger partial charge in [-0.1, -0.05) is 145 Å². The highest BCUT2D eigenvalue weighted by atomic mass is 19.4. The van der Waals surface area contributed by atoms with Crippen LogP contribution in [0.4, 0.5) is 13.2 Å². The molecule has 2 N–H and O–H groups in total. The summed E-state index contributed by atoms with van der Waals surface area (Å²) in [6, 6.07) is 22.6. The monoisotopic (exact) mass is 821 g/mol. The van der Waals surface area contributed by atoms with Crippen molar-refractivity contribution in [3.63, 3.8) is 0 Å². The summed E-state index contributed by atoms with van der Waals surface area (Å²) in [5.41, 5.74) is 5.49. The van der Waals surface area contributed by atoms with Crippen LogP contribution < -0.4 is 5.32 Å².